The third kappa shape index (κ3) is 3.39. The van der Waals surface area contributed by atoms with Gasteiger partial charge in [-0.3, -0.25) is 0 Å². The zero-order chi connectivity index (χ0) is 11.2. The molecule has 0 aliphatic carbocycles. The van der Waals surface area contributed by atoms with Crippen molar-refractivity contribution in [3.63, 3.8) is 0 Å². The monoisotopic (exact) mass is 241 g/mol. The minimum Gasteiger partial charge on any atom is -0.489 e. The highest BCUT2D eigenvalue weighted by atomic mass is 32.2. The topological polar surface area (TPSA) is 21.3 Å². The summed E-state index contributed by atoms with van der Waals surface area (Å²) in [5.41, 5.74) is 0. The van der Waals surface area contributed by atoms with Crippen molar-refractivity contribution in [2.75, 3.05) is 24.7 Å². The van der Waals surface area contributed by atoms with Crippen LogP contribution in [-0.4, -0.2) is 30.7 Å². The van der Waals surface area contributed by atoms with Crippen LogP contribution in [0.4, 0.5) is 4.39 Å². The van der Waals surface area contributed by atoms with E-state index in [1.807, 2.05) is 11.8 Å². The number of hydrogen-bond donors (Lipinski definition) is 1. The number of thioether (sulfide) groups is 1. The second kappa shape index (κ2) is 6.11. The van der Waals surface area contributed by atoms with Gasteiger partial charge in [0.05, 0.1) is 0 Å². The Kier molecular flexibility index (Phi) is 4.48. The molecular weight excluding hydrogens is 225 g/mol. The lowest BCUT2D eigenvalue weighted by molar-refractivity contribution is 0.293. The lowest BCUT2D eigenvalue weighted by atomic mass is 10.3. The van der Waals surface area contributed by atoms with E-state index in [0.29, 0.717) is 18.4 Å². The third-order valence-electron chi connectivity index (χ3n) is 2.56. The highest BCUT2D eigenvalue weighted by Gasteiger charge is 2.13. The van der Waals surface area contributed by atoms with Crippen LogP contribution in [0.1, 0.15) is 6.42 Å². The first-order valence-electron chi connectivity index (χ1n) is 5.55. The first-order chi connectivity index (χ1) is 7.86. The van der Waals surface area contributed by atoms with Gasteiger partial charge in [-0.25, -0.2) is 4.39 Å². The molecular formula is C12H16FNOS. The molecule has 1 fully saturated rings. The second-order valence-electron chi connectivity index (χ2n) is 3.79. The molecule has 1 aliphatic rings. The van der Waals surface area contributed by atoms with E-state index < -0.39 is 0 Å². The van der Waals surface area contributed by atoms with Crippen molar-refractivity contribution < 1.29 is 9.13 Å². The van der Waals surface area contributed by atoms with Crippen LogP contribution >= 0.6 is 11.8 Å². The summed E-state index contributed by atoms with van der Waals surface area (Å²) in [6.45, 7) is 1.29. The SMILES string of the molecule is Fc1ccccc1OCCNC1CCSC1. The van der Waals surface area contributed by atoms with Gasteiger partial charge in [-0.2, -0.15) is 11.8 Å². The zero-order valence-electron chi connectivity index (χ0n) is 9.12. The van der Waals surface area contributed by atoms with E-state index in [4.69, 9.17) is 4.74 Å². The maximum Gasteiger partial charge on any atom is 0.165 e. The van der Waals surface area contributed by atoms with Crippen LogP contribution in [0.2, 0.25) is 0 Å². The fourth-order valence-corrected chi connectivity index (χ4v) is 2.87. The van der Waals surface area contributed by atoms with Gasteiger partial charge in [0.15, 0.2) is 11.6 Å². The predicted molar refractivity (Wildman–Crippen MR) is 65.6 cm³/mol. The van der Waals surface area contributed by atoms with Crippen molar-refractivity contribution >= 4 is 11.8 Å². The Morgan fingerprint density at radius 1 is 1.44 bits per heavy atom. The molecule has 0 saturated carbocycles. The minimum atomic E-state index is -0.293. The molecule has 1 aromatic rings. The maximum absolute atomic E-state index is 13.2. The van der Waals surface area contributed by atoms with Crippen molar-refractivity contribution in [1.82, 2.24) is 5.32 Å². The molecule has 0 radical (unpaired) electrons. The highest BCUT2D eigenvalue weighted by Crippen LogP contribution is 2.17. The molecule has 0 amide bonds. The van der Waals surface area contributed by atoms with Gasteiger partial charge in [-0.15, -0.1) is 0 Å². The summed E-state index contributed by atoms with van der Waals surface area (Å²) < 4.78 is 18.5. The van der Waals surface area contributed by atoms with Crippen LogP contribution in [0.25, 0.3) is 0 Å². The van der Waals surface area contributed by atoms with Gasteiger partial charge in [0.25, 0.3) is 0 Å². The van der Waals surface area contributed by atoms with Crippen molar-refractivity contribution in [3.8, 4) is 5.75 Å². The number of ether oxygens (including phenoxy) is 1. The van der Waals surface area contributed by atoms with Crippen LogP contribution in [0.15, 0.2) is 24.3 Å². The Labute approximate surface area is 99.6 Å². The van der Waals surface area contributed by atoms with Gasteiger partial charge < -0.3 is 10.1 Å². The Hall–Kier alpha value is -0.740. The second-order valence-corrected chi connectivity index (χ2v) is 4.94. The Bertz CT molecular complexity index is 329. The average Bonchev–Trinajstić information content (AvgIpc) is 2.79. The molecule has 0 bridgehead atoms. The van der Waals surface area contributed by atoms with Gasteiger partial charge in [0.2, 0.25) is 0 Å². The van der Waals surface area contributed by atoms with E-state index in [-0.39, 0.29) is 5.82 Å². The molecule has 0 spiro atoms. The normalized spacial score (nSPS) is 19.9. The van der Waals surface area contributed by atoms with Crippen molar-refractivity contribution in [3.05, 3.63) is 30.1 Å². The molecule has 16 heavy (non-hydrogen) atoms. The summed E-state index contributed by atoms with van der Waals surface area (Å²) in [5, 5.41) is 3.40. The first-order valence-corrected chi connectivity index (χ1v) is 6.70. The molecule has 4 heteroatoms. The lowest BCUT2D eigenvalue weighted by Crippen LogP contribution is -2.32. The quantitative estimate of drug-likeness (QED) is 0.799. The number of nitrogens with one attached hydrogen (secondary N) is 1. The van der Waals surface area contributed by atoms with Crippen LogP contribution in [0.5, 0.6) is 5.75 Å². The maximum atomic E-state index is 13.2. The summed E-state index contributed by atoms with van der Waals surface area (Å²) >= 11 is 1.98. The summed E-state index contributed by atoms with van der Waals surface area (Å²) in [4.78, 5) is 0. The van der Waals surface area contributed by atoms with Crippen molar-refractivity contribution in [1.29, 1.82) is 0 Å². The van der Waals surface area contributed by atoms with E-state index in [1.54, 1.807) is 18.2 Å². The zero-order valence-corrected chi connectivity index (χ0v) is 9.93. The molecule has 1 aliphatic heterocycles. The van der Waals surface area contributed by atoms with Crippen LogP contribution in [0, 0.1) is 5.82 Å². The average molecular weight is 241 g/mol. The standard InChI is InChI=1S/C12H16FNOS/c13-11-3-1-2-4-12(11)15-7-6-14-10-5-8-16-9-10/h1-4,10,14H,5-9H2. The molecule has 88 valence electrons. The lowest BCUT2D eigenvalue weighted by Gasteiger charge is -2.12. The van der Waals surface area contributed by atoms with Gasteiger partial charge in [0, 0.05) is 18.3 Å². The molecule has 1 N–H and O–H groups in total. The van der Waals surface area contributed by atoms with Gasteiger partial charge in [-0.1, -0.05) is 12.1 Å². The van der Waals surface area contributed by atoms with Crippen LogP contribution in [0.3, 0.4) is 0 Å². The van der Waals surface area contributed by atoms with Crippen LogP contribution in [-0.2, 0) is 0 Å². The number of para-hydroxylation sites is 1. The summed E-state index contributed by atoms with van der Waals surface area (Å²) in [7, 11) is 0. The largest absolute Gasteiger partial charge is 0.489 e. The van der Waals surface area contributed by atoms with Crippen molar-refractivity contribution in [2.45, 2.75) is 12.5 Å². The van der Waals surface area contributed by atoms with Crippen molar-refractivity contribution in [2.24, 2.45) is 0 Å². The summed E-state index contributed by atoms with van der Waals surface area (Å²) in [6.07, 6.45) is 1.23. The molecule has 1 aromatic carbocycles. The molecule has 2 nitrogen and oxygen atoms in total. The number of hydrogen-bond acceptors (Lipinski definition) is 3. The van der Waals surface area contributed by atoms with Gasteiger partial charge >= 0.3 is 0 Å². The first kappa shape index (κ1) is 11.7. The Morgan fingerprint density at radius 3 is 3.06 bits per heavy atom. The fraction of sp³-hybridized carbons (Fsp3) is 0.500. The third-order valence-corrected chi connectivity index (χ3v) is 3.72. The number of rotatable bonds is 5. The minimum absolute atomic E-state index is 0.293. The van der Waals surface area contributed by atoms with Gasteiger partial charge in [-0.05, 0) is 24.3 Å². The van der Waals surface area contributed by atoms with E-state index >= 15 is 0 Å². The number of benzene rings is 1. The number of halogens is 1. The van der Waals surface area contributed by atoms with E-state index in [2.05, 4.69) is 5.32 Å². The highest BCUT2D eigenvalue weighted by molar-refractivity contribution is 7.99. The predicted octanol–water partition coefficient (Wildman–Crippen LogP) is 2.30. The Balaban J connectivity index is 1.66. The van der Waals surface area contributed by atoms with E-state index in [0.717, 1.165) is 6.54 Å². The van der Waals surface area contributed by atoms with E-state index in [9.17, 15) is 4.39 Å². The molecule has 1 saturated heterocycles. The summed E-state index contributed by atoms with van der Waals surface area (Å²) in [6, 6.07) is 7.11. The molecule has 1 heterocycles. The van der Waals surface area contributed by atoms with Gasteiger partial charge in [0.1, 0.15) is 6.61 Å². The van der Waals surface area contributed by atoms with Crippen LogP contribution < -0.4 is 10.1 Å². The molecule has 1 atom stereocenters. The fourth-order valence-electron chi connectivity index (χ4n) is 1.68. The molecule has 0 aromatic heterocycles. The Morgan fingerprint density at radius 2 is 2.31 bits per heavy atom. The molecule has 2 rings (SSSR count). The van der Waals surface area contributed by atoms with E-state index in [1.165, 1.54) is 24.0 Å². The summed E-state index contributed by atoms with van der Waals surface area (Å²) in [5.74, 6) is 2.47. The smallest absolute Gasteiger partial charge is 0.165 e. The molecule has 1 unspecified atom stereocenters.